The van der Waals surface area contributed by atoms with Crippen LogP contribution in [0.15, 0.2) is 0 Å². The van der Waals surface area contributed by atoms with Crippen LogP contribution in [0.2, 0.25) is 0 Å². The first-order valence-electron chi connectivity index (χ1n) is 5.04. The smallest absolute Gasteiger partial charge is 0.150 e. The molecule has 1 heterocycles. The van der Waals surface area contributed by atoms with Gasteiger partial charge in [-0.2, -0.15) is 5.26 Å². The van der Waals surface area contributed by atoms with E-state index in [1.54, 1.807) is 0 Å². The average Bonchev–Trinajstić information content (AvgIpc) is 2.41. The van der Waals surface area contributed by atoms with E-state index in [0.717, 1.165) is 6.42 Å². The summed E-state index contributed by atoms with van der Waals surface area (Å²) >= 11 is 0. The summed E-state index contributed by atoms with van der Waals surface area (Å²) in [6, 6.07) is 2.25. The van der Waals surface area contributed by atoms with E-state index in [1.807, 2.05) is 0 Å². The predicted octanol–water partition coefficient (Wildman–Crippen LogP) is 1.61. The summed E-state index contributed by atoms with van der Waals surface area (Å²) in [7, 11) is -2.84. The minimum absolute atomic E-state index is 0.0763. The monoisotopic (exact) mass is 215 g/mol. The van der Waals surface area contributed by atoms with Gasteiger partial charge in [0.15, 0.2) is 9.84 Å². The first-order valence-corrected chi connectivity index (χ1v) is 6.87. The summed E-state index contributed by atoms with van der Waals surface area (Å²) in [5.74, 6) is 0.953. The topological polar surface area (TPSA) is 57.9 Å². The largest absolute Gasteiger partial charge is 0.229 e. The Morgan fingerprint density at radius 3 is 2.50 bits per heavy atom. The molecule has 80 valence electrons. The molecule has 4 heteroatoms. The molecule has 0 aromatic carbocycles. The molecule has 0 aliphatic carbocycles. The second-order valence-corrected chi connectivity index (χ2v) is 6.76. The standard InChI is InChI=1S/C10H17NO2S/c1-8(2)5-10(6-11)9-3-4-14(12,13)7-9/h8-10H,3-5,7H2,1-2H3. The minimum atomic E-state index is -2.84. The summed E-state index contributed by atoms with van der Waals surface area (Å²) in [4.78, 5) is 0. The van der Waals surface area contributed by atoms with Gasteiger partial charge in [-0.1, -0.05) is 13.8 Å². The van der Waals surface area contributed by atoms with E-state index in [4.69, 9.17) is 5.26 Å². The molecule has 2 atom stereocenters. The molecule has 1 saturated heterocycles. The van der Waals surface area contributed by atoms with Crippen LogP contribution in [0.4, 0.5) is 0 Å². The van der Waals surface area contributed by atoms with Crippen LogP contribution in [0.1, 0.15) is 26.7 Å². The van der Waals surface area contributed by atoms with Crippen LogP contribution >= 0.6 is 0 Å². The lowest BCUT2D eigenvalue weighted by Crippen LogP contribution is -2.16. The molecular weight excluding hydrogens is 198 g/mol. The summed E-state index contributed by atoms with van der Waals surface area (Å²) < 4.78 is 22.5. The van der Waals surface area contributed by atoms with Crippen molar-refractivity contribution in [1.29, 1.82) is 5.26 Å². The molecule has 0 aromatic heterocycles. The zero-order valence-corrected chi connectivity index (χ0v) is 9.55. The van der Waals surface area contributed by atoms with Gasteiger partial charge in [0.2, 0.25) is 0 Å². The second-order valence-electron chi connectivity index (χ2n) is 4.53. The van der Waals surface area contributed by atoms with Gasteiger partial charge in [0.25, 0.3) is 0 Å². The fourth-order valence-corrected chi connectivity index (χ4v) is 3.88. The van der Waals surface area contributed by atoms with E-state index < -0.39 is 9.84 Å². The van der Waals surface area contributed by atoms with Gasteiger partial charge in [0.05, 0.1) is 23.5 Å². The number of nitriles is 1. The summed E-state index contributed by atoms with van der Waals surface area (Å²) in [5.41, 5.74) is 0. The molecule has 3 nitrogen and oxygen atoms in total. The summed E-state index contributed by atoms with van der Waals surface area (Å²) in [6.07, 6.45) is 1.49. The number of hydrogen-bond donors (Lipinski definition) is 0. The fourth-order valence-electron chi connectivity index (χ4n) is 2.00. The molecule has 0 aromatic rings. The fraction of sp³-hybridized carbons (Fsp3) is 0.900. The van der Waals surface area contributed by atoms with E-state index in [1.165, 1.54) is 0 Å². The van der Waals surface area contributed by atoms with Crippen molar-refractivity contribution in [1.82, 2.24) is 0 Å². The first kappa shape index (κ1) is 11.5. The van der Waals surface area contributed by atoms with Crippen LogP contribution < -0.4 is 0 Å². The highest BCUT2D eigenvalue weighted by atomic mass is 32.2. The Kier molecular flexibility index (Phi) is 3.54. The Balaban J connectivity index is 2.61. The van der Waals surface area contributed by atoms with Crippen molar-refractivity contribution in [3.63, 3.8) is 0 Å². The van der Waals surface area contributed by atoms with Gasteiger partial charge < -0.3 is 0 Å². The molecule has 1 fully saturated rings. The van der Waals surface area contributed by atoms with E-state index in [9.17, 15) is 8.42 Å². The molecule has 1 aliphatic rings. The molecule has 2 unspecified atom stereocenters. The zero-order chi connectivity index (χ0) is 10.8. The molecule has 0 spiro atoms. The van der Waals surface area contributed by atoms with Crippen molar-refractivity contribution in [2.45, 2.75) is 26.7 Å². The third kappa shape index (κ3) is 2.98. The van der Waals surface area contributed by atoms with E-state index >= 15 is 0 Å². The first-order chi connectivity index (χ1) is 6.44. The molecule has 1 rings (SSSR count). The van der Waals surface area contributed by atoms with Gasteiger partial charge in [-0.25, -0.2) is 8.42 Å². The van der Waals surface area contributed by atoms with Crippen LogP contribution in [-0.2, 0) is 9.84 Å². The number of hydrogen-bond acceptors (Lipinski definition) is 3. The van der Waals surface area contributed by atoms with Crippen molar-refractivity contribution in [3.05, 3.63) is 0 Å². The molecule has 14 heavy (non-hydrogen) atoms. The second kappa shape index (κ2) is 4.31. The Labute approximate surface area is 86.0 Å². The summed E-state index contributed by atoms with van der Waals surface area (Å²) in [6.45, 7) is 4.13. The lowest BCUT2D eigenvalue weighted by molar-refractivity contribution is 0.372. The average molecular weight is 215 g/mol. The van der Waals surface area contributed by atoms with Crippen LogP contribution in [0.25, 0.3) is 0 Å². The Hall–Kier alpha value is -0.560. The highest BCUT2D eigenvalue weighted by molar-refractivity contribution is 7.91. The molecular formula is C10H17NO2S. The maximum atomic E-state index is 11.2. The van der Waals surface area contributed by atoms with Gasteiger partial charge in [0.1, 0.15) is 0 Å². The Morgan fingerprint density at radius 1 is 1.50 bits per heavy atom. The third-order valence-corrected chi connectivity index (χ3v) is 4.52. The lowest BCUT2D eigenvalue weighted by atomic mass is 9.86. The maximum absolute atomic E-state index is 11.2. The van der Waals surface area contributed by atoms with Crippen LogP contribution in [0, 0.1) is 29.1 Å². The molecule has 0 N–H and O–H groups in total. The normalized spacial score (nSPS) is 27.4. The zero-order valence-electron chi connectivity index (χ0n) is 8.73. The van der Waals surface area contributed by atoms with Gasteiger partial charge in [0, 0.05) is 0 Å². The van der Waals surface area contributed by atoms with Crippen molar-refractivity contribution in [2.75, 3.05) is 11.5 Å². The van der Waals surface area contributed by atoms with Crippen LogP contribution in [0.3, 0.4) is 0 Å². The molecule has 0 bridgehead atoms. The van der Waals surface area contributed by atoms with Crippen molar-refractivity contribution in [3.8, 4) is 6.07 Å². The van der Waals surface area contributed by atoms with Gasteiger partial charge in [-0.15, -0.1) is 0 Å². The quantitative estimate of drug-likeness (QED) is 0.718. The lowest BCUT2D eigenvalue weighted by Gasteiger charge is -2.16. The number of sulfone groups is 1. The van der Waals surface area contributed by atoms with E-state index in [0.29, 0.717) is 12.3 Å². The molecule has 1 aliphatic heterocycles. The maximum Gasteiger partial charge on any atom is 0.150 e. The van der Waals surface area contributed by atoms with Crippen molar-refractivity contribution in [2.24, 2.45) is 17.8 Å². The van der Waals surface area contributed by atoms with Gasteiger partial charge >= 0.3 is 0 Å². The molecule has 0 saturated carbocycles. The number of rotatable bonds is 3. The Bertz CT molecular complexity index is 327. The third-order valence-electron chi connectivity index (χ3n) is 2.73. The van der Waals surface area contributed by atoms with Crippen LogP contribution in [-0.4, -0.2) is 19.9 Å². The highest BCUT2D eigenvalue weighted by Crippen LogP contribution is 2.29. The van der Waals surface area contributed by atoms with E-state index in [2.05, 4.69) is 19.9 Å². The van der Waals surface area contributed by atoms with Crippen molar-refractivity contribution >= 4 is 9.84 Å². The minimum Gasteiger partial charge on any atom is -0.229 e. The highest BCUT2D eigenvalue weighted by Gasteiger charge is 2.33. The van der Waals surface area contributed by atoms with Crippen LogP contribution in [0.5, 0.6) is 0 Å². The Morgan fingerprint density at radius 2 is 2.14 bits per heavy atom. The predicted molar refractivity (Wildman–Crippen MR) is 55.3 cm³/mol. The van der Waals surface area contributed by atoms with E-state index in [-0.39, 0.29) is 23.3 Å². The van der Waals surface area contributed by atoms with Crippen molar-refractivity contribution < 1.29 is 8.42 Å². The molecule has 0 amide bonds. The SMILES string of the molecule is CC(C)CC(C#N)C1CCS(=O)(=O)C1. The molecule has 0 radical (unpaired) electrons. The number of nitrogens with zero attached hydrogens (tertiary/aromatic N) is 1. The summed E-state index contributed by atoms with van der Waals surface area (Å²) in [5, 5.41) is 8.96. The van der Waals surface area contributed by atoms with Gasteiger partial charge in [-0.05, 0) is 24.7 Å². The van der Waals surface area contributed by atoms with Gasteiger partial charge in [-0.3, -0.25) is 0 Å².